The maximum absolute atomic E-state index is 10.8. The predicted molar refractivity (Wildman–Crippen MR) is 46.9 cm³/mol. The largest absolute Gasteiger partial charge is 0.477 e. The summed E-state index contributed by atoms with van der Waals surface area (Å²) in [5, 5.41) is 12.6. The second-order valence-electron chi connectivity index (χ2n) is 2.73. The molecular weight excluding hydrogens is 186 g/mol. The summed E-state index contributed by atoms with van der Waals surface area (Å²) in [4.78, 5) is 18.6. The number of aromatic carboxylic acids is 1. The molecule has 7 nitrogen and oxygen atoms in total. The van der Waals surface area contributed by atoms with Crippen LogP contribution in [0.2, 0.25) is 0 Å². The van der Waals surface area contributed by atoms with E-state index in [1.165, 1.54) is 10.8 Å². The maximum Gasteiger partial charge on any atom is 0.341 e. The minimum absolute atomic E-state index is 0.0389. The fourth-order valence-electron chi connectivity index (χ4n) is 1.24. The van der Waals surface area contributed by atoms with Gasteiger partial charge in [-0.1, -0.05) is 0 Å². The van der Waals surface area contributed by atoms with Crippen LogP contribution in [0.4, 0.5) is 5.82 Å². The quantitative estimate of drug-likeness (QED) is 0.644. The van der Waals surface area contributed by atoms with Gasteiger partial charge in [-0.05, 0) is 6.92 Å². The van der Waals surface area contributed by atoms with Crippen LogP contribution in [-0.2, 0) is 0 Å². The zero-order chi connectivity index (χ0) is 10.3. The van der Waals surface area contributed by atoms with Crippen LogP contribution in [-0.4, -0.2) is 30.7 Å². The summed E-state index contributed by atoms with van der Waals surface area (Å²) < 4.78 is 1.19. The average Bonchev–Trinajstić information content (AvgIpc) is 2.50. The van der Waals surface area contributed by atoms with Gasteiger partial charge < -0.3 is 10.8 Å². The normalized spacial score (nSPS) is 10.6. The standard InChI is InChI=1S/C7H7N5O2/c1-3-4(6(13)14)5(8)12-7(11-3)9-2-10-12/h2H,8H2,1H3,(H,13,14). The molecule has 2 rings (SSSR count). The number of nitrogen functional groups attached to an aromatic ring is 1. The molecule has 72 valence electrons. The molecule has 0 atom stereocenters. The van der Waals surface area contributed by atoms with E-state index in [4.69, 9.17) is 10.8 Å². The Bertz CT molecular complexity index is 518. The molecule has 0 bridgehead atoms. The van der Waals surface area contributed by atoms with E-state index in [1.807, 2.05) is 0 Å². The summed E-state index contributed by atoms with van der Waals surface area (Å²) in [6.07, 6.45) is 1.27. The fraction of sp³-hybridized carbons (Fsp3) is 0.143. The first-order valence-electron chi connectivity index (χ1n) is 3.80. The Kier molecular flexibility index (Phi) is 1.60. The van der Waals surface area contributed by atoms with E-state index in [0.717, 1.165) is 0 Å². The Labute approximate surface area is 78.2 Å². The van der Waals surface area contributed by atoms with Gasteiger partial charge in [0.2, 0.25) is 0 Å². The Morgan fingerprint density at radius 3 is 3.00 bits per heavy atom. The smallest absolute Gasteiger partial charge is 0.341 e. The van der Waals surface area contributed by atoms with Crippen LogP contribution in [0.5, 0.6) is 0 Å². The van der Waals surface area contributed by atoms with Gasteiger partial charge in [-0.15, -0.1) is 0 Å². The molecule has 0 unspecified atom stereocenters. The van der Waals surface area contributed by atoms with Crippen molar-refractivity contribution in [1.29, 1.82) is 0 Å². The van der Waals surface area contributed by atoms with Crippen molar-refractivity contribution in [2.75, 3.05) is 5.73 Å². The minimum Gasteiger partial charge on any atom is -0.477 e. The molecule has 2 heterocycles. The summed E-state index contributed by atoms with van der Waals surface area (Å²) in [7, 11) is 0. The van der Waals surface area contributed by atoms with Crippen molar-refractivity contribution >= 4 is 17.6 Å². The summed E-state index contributed by atoms with van der Waals surface area (Å²) in [5.41, 5.74) is 5.90. The van der Waals surface area contributed by atoms with Gasteiger partial charge >= 0.3 is 5.97 Å². The van der Waals surface area contributed by atoms with Gasteiger partial charge in [-0.25, -0.2) is 9.78 Å². The summed E-state index contributed by atoms with van der Waals surface area (Å²) in [5.74, 6) is -0.785. The lowest BCUT2D eigenvalue weighted by Crippen LogP contribution is -2.12. The maximum atomic E-state index is 10.8. The van der Waals surface area contributed by atoms with Crippen LogP contribution in [0.15, 0.2) is 6.33 Å². The van der Waals surface area contributed by atoms with Gasteiger partial charge in [0.25, 0.3) is 5.78 Å². The lowest BCUT2D eigenvalue weighted by molar-refractivity contribution is 0.0696. The van der Waals surface area contributed by atoms with Gasteiger partial charge in [-0.3, -0.25) is 0 Å². The van der Waals surface area contributed by atoms with Gasteiger partial charge in [-0.2, -0.15) is 14.6 Å². The number of nitrogens with two attached hydrogens (primary N) is 1. The van der Waals surface area contributed by atoms with Crippen molar-refractivity contribution in [3.05, 3.63) is 17.6 Å². The topological polar surface area (TPSA) is 106 Å². The highest BCUT2D eigenvalue weighted by Gasteiger charge is 2.17. The van der Waals surface area contributed by atoms with Crippen LogP contribution in [0.3, 0.4) is 0 Å². The van der Waals surface area contributed by atoms with Gasteiger partial charge in [0.05, 0.1) is 5.69 Å². The molecule has 0 radical (unpaired) electrons. The van der Waals surface area contributed by atoms with Crippen LogP contribution in [0.1, 0.15) is 16.1 Å². The summed E-state index contributed by atoms with van der Waals surface area (Å²) in [6, 6.07) is 0. The molecule has 2 aromatic heterocycles. The number of carboxylic acids is 1. The molecule has 3 N–H and O–H groups in total. The molecule has 0 amide bonds. The Hall–Kier alpha value is -2.18. The molecule has 0 aliphatic carbocycles. The summed E-state index contributed by atoms with van der Waals surface area (Å²) in [6.45, 7) is 1.56. The summed E-state index contributed by atoms with van der Waals surface area (Å²) >= 11 is 0. The van der Waals surface area contributed by atoms with E-state index in [1.54, 1.807) is 6.92 Å². The van der Waals surface area contributed by atoms with E-state index in [2.05, 4.69) is 15.1 Å². The van der Waals surface area contributed by atoms with Gasteiger partial charge in [0.1, 0.15) is 17.7 Å². The molecule has 7 heteroatoms. The van der Waals surface area contributed by atoms with Crippen molar-refractivity contribution < 1.29 is 9.90 Å². The number of aromatic nitrogens is 4. The first-order valence-corrected chi connectivity index (χ1v) is 3.80. The lowest BCUT2D eigenvalue weighted by atomic mass is 10.2. The number of carbonyl (C=O) groups is 1. The van der Waals surface area contributed by atoms with Crippen LogP contribution < -0.4 is 5.73 Å². The number of hydrogen-bond donors (Lipinski definition) is 2. The Morgan fingerprint density at radius 1 is 1.64 bits per heavy atom. The number of anilines is 1. The molecule has 0 aliphatic heterocycles. The zero-order valence-corrected chi connectivity index (χ0v) is 7.30. The van der Waals surface area contributed by atoms with Gasteiger partial charge in [0, 0.05) is 0 Å². The van der Waals surface area contributed by atoms with Crippen molar-refractivity contribution in [2.45, 2.75) is 6.92 Å². The lowest BCUT2D eigenvalue weighted by Gasteiger charge is -2.04. The van der Waals surface area contributed by atoms with Crippen molar-refractivity contribution in [1.82, 2.24) is 19.6 Å². The number of nitrogens with zero attached hydrogens (tertiary/aromatic N) is 4. The number of carboxylic acid groups (broad SMARTS) is 1. The molecular formula is C7H7N5O2. The van der Waals surface area contributed by atoms with Crippen molar-refractivity contribution in [3.63, 3.8) is 0 Å². The molecule has 14 heavy (non-hydrogen) atoms. The monoisotopic (exact) mass is 193 g/mol. The number of fused-ring (bicyclic) bond motifs is 1. The third kappa shape index (κ3) is 0.987. The van der Waals surface area contributed by atoms with E-state index in [0.29, 0.717) is 11.5 Å². The molecule has 0 aliphatic rings. The zero-order valence-electron chi connectivity index (χ0n) is 7.30. The highest BCUT2D eigenvalue weighted by atomic mass is 16.4. The average molecular weight is 193 g/mol. The Morgan fingerprint density at radius 2 is 2.36 bits per heavy atom. The van der Waals surface area contributed by atoms with Crippen molar-refractivity contribution in [3.8, 4) is 0 Å². The second kappa shape index (κ2) is 2.66. The van der Waals surface area contributed by atoms with Gasteiger partial charge in [0.15, 0.2) is 0 Å². The van der Waals surface area contributed by atoms with E-state index in [-0.39, 0.29) is 11.4 Å². The SMILES string of the molecule is Cc1nc2ncnn2c(N)c1C(=O)O. The molecule has 0 saturated carbocycles. The first-order chi connectivity index (χ1) is 6.61. The third-order valence-electron chi connectivity index (χ3n) is 1.86. The second-order valence-corrected chi connectivity index (χ2v) is 2.73. The third-order valence-corrected chi connectivity index (χ3v) is 1.86. The molecule has 0 fully saturated rings. The van der Waals surface area contributed by atoms with E-state index in [9.17, 15) is 4.79 Å². The highest BCUT2D eigenvalue weighted by Crippen LogP contribution is 2.14. The Balaban J connectivity index is 2.89. The first kappa shape index (κ1) is 8.42. The number of rotatable bonds is 1. The highest BCUT2D eigenvalue weighted by molar-refractivity contribution is 5.94. The van der Waals surface area contributed by atoms with Crippen LogP contribution in [0, 0.1) is 6.92 Å². The molecule has 0 aromatic carbocycles. The van der Waals surface area contributed by atoms with E-state index < -0.39 is 5.97 Å². The number of aryl methyl sites for hydroxylation is 1. The fourth-order valence-corrected chi connectivity index (χ4v) is 1.24. The van der Waals surface area contributed by atoms with Crippen molar-refractivity contribution in [2.24, 2.45) is 0 Å². The molecule has 0 spiro atoms. The molecule has 2 aromatic rings. The van der Waals surface area contributed by atoms with E-state index >= 15 is 0 Å². The van der Waals surface area contributed by atoms with Crippen LogP contribution in [0.25, 0.3) is 5.78 Å². The predicted octanol–water partition coefficient (Wildman–Crippen LogP) is -0.287. The number of hydrogen-bond acceptors (Lipinski definition) is 5. The minimum atomic E-state index is -1.12. The molecule has 0 saturated heterocycles. The van der Waals surface area contributed by atoms with Crippen LogP contribution >= 0.6 is 0 Å².